The minimum atomic E-state index is -0.0354. The SMILES string of the molecule is Cl.Cl.Cl.NC1CCN(CCN2C3CCC2CC(O)C3)CC1. The van der Waals surface area contributed by atoms with Crippen LogP contribution in [0.15, 0.2) is 0 Å². The molecule has 3 aliphatic rings. The summed E-state index contributed by atoms with van der Waals surface area (Å²) in [7, 11) is 0. The molecule has 3 rings (SSSR count). The summed E-state index contributed by atoms with van der Waals surface area (Å²) in [5, 5.41) is 9.80. The average Bonchev–Trinajstić information content (AvgIpc) is 2.60. The first-order chi connectivity index (χ1) is 8.72. The number of nitrogens with zero attached hydrogens (tertiary/aromatic N) is 2. The fraction of sp³-hybridized carbons (Fsp3) is 1.00. The lowest BCUT2D eigenvalue weighted by atomic mass is 10.00. The molecule has 2 unspecified atom stereocenters. The van der Waals surface area contributed by atoms with Crippen LogP contribution >= 0.6 is 37.2 Å². The highest BCUT2D eigenvalue weighted by molar-refractivity contribution is 5.86. The summed E-state index contributed by atoms with van der Waals surface area (Å²) < 4.78 is 0. The summed E-state index contributed by atoms with van der Waals surface area (Å²) in [5.41, 5.74) is 5.94. The third kappa shape index (κ3) is 5.38. The van der Waals surface area contributed by atoms with Crippen LogP contribution in [-0.4, -0.2) is 65.3 Å². The van der Waals surface area contributed by atoms with Crippen molar-refractivity contribution in [3.05, 3.63) is 0 Å². The van der Waals surface area contributed by atoms with Gasteiger partial charge in [-0.1, -0.05) is 0 Å². The van der Waals surface area contributed by atoms with Gasteiger partial charge in [0.25, 0.3) is 0 Å². The van der Waals surface area contributed by atoms with Crippen LogP contribution in [0.4, 0.5) is 0 Å². The molecule has 3 aliphatic heterocycles. The number of hydrogen-bond acceptors (Lipinski definition) is 4. The second kappa shape index (κ2) is 9.76. The molecule has 0 aromatic carbocycles. The second-order valence-corrected chi connectivity index (χ2v) is 6.43. The third-order valence-corrected chi connectivity index (χ3v) is 5.17. The summed E-state index contributed by atoms with van der Waals surface area (Å²) in [5.74, 6) is 0. The summed E-state index contributed by atoms with van der Waals surface area (Å²) in [4.78, 5) is 5.23. The summed E-state index contributed by atoms with van der Waals surface area (Å²) in [6, 6.07) is 1.75. The van der Waals surface area contributed by atoms with Crippen molar-refractivity contribution in [3.8, 4) is 0 Å². The Kier molecular flexibility index (Phi) is 10.1. The smallest absolute Gasteiger partial charge is 0.0570 e. The van der Waals surface area contributed by atoms with E-state index in [-0.39, 0.29) is 43.3 Å². The molecule has 21 heavy (non-hydrogen) atoms. The van der Waals surface area contributed by atoms with Crippen molar-refractivity contribution < 1.29 is 5.11 Å². The third-order valence-electron chi connectivity index (χ3n) is 5.17. The van der Waals surface area contributed by atoms with Crippen molar-refractivity contribution in [1.82, 2.24) is 9.80 Å². The molecular formula is C14H30Cl3N3O. The highest BCUT2D eigenvalue weighted by Gasteiger charge is 2.39. The van der Waals surface area contributed by atoms with Gasteiger partial charge in [0.05, 0.1) is 6.10 Å². The Balaban J connectivity index is 0.00000133. The lowest BCUT2D eigenvalue weighted by Crippen LogP contribution is -2.49. The van der Waals surface area contributed by atoms with Crippen molar-refractivity contribution in [1.29, 1.82) is 0 Å². The lowest BCUT2D eigenvalue weighted by molar-refractivity contribution is 0.0288. The van der Waals surface area contributed by atoms with Crippen LogP contribution < -0.4 is 5.73 Å². The highest BCUT2D eigenvalue weighted by Crippen LogP contribution is 2.35. The van der Waals surface area contributed by atoms with Gasteiger partial charge in [-0.15, -0.1) is 37.2 Å². The number of aliphatic hydroxyl groups excluding tert-OH is 1. The number of hydrogen-bond donors (Lipinski definition) is 2. The Morgan fingerprint density at radius 3 is 1.90 bits per heavy atom. The van der Waals surface area contributed by atoms with E-state index in [9.17, 15) is 5.11 Å². The number of rotatable bonds is 3. The molecule has 128 valence electrons. The van der Waals surface area contributed by atoms with Crippen LogP contribution in [0.5, 0.6) is 0 Å². The number of fused-ring (bicyclic) bond motifs is 2. The molecule has 2 atom stereocenters. The van der Waals surface area contributed by atoms with E-state index in [0.29, 0.717) is 18.1 Å². The van der Waals surface area contributed by atoms with Gasteiger partial charge in [0, 0.05) is 31.2 Å². The topological polar surface area (TPSA) is 52.7 Å². The Morgan fingerprint density at radius 2 is 1.38 bits per heavy atom. The Hall–Kier alpha value is 0.710. The van der Waals surface area contributed by atoms with Crippen molar-refractivity contribution in [2.45, 2.75) is 62.8 Å². The predicted molar refractivity (Wildman–Crippen MR) is 94.2 cm³/mol. The first kappa shape index (κ1) is 21.7. The quantitative estimate of drug-likeness (QED) is 0.802. The van der Waals surface area contributed by atoms with Crippen molar-refractivity contribution in [2.24, 2.45) is 5.73 Å². The first-order valence-electron chi connectivity index (χ1n) is 7.64. The van der Waals surface area contributed by atoms with Gasteiger partial charge in [-0.05, 0) is 51.6 Å². The molecule has 4 nitrogen and oxygen atoms in total. The number of halogens is 3. The fourth-order valence-corrected chi connectivity index (χ4v) is 4.04. The molecule has 7 heteroatoms. The van der Waals surface area contributed by atoms with Crippen LogP contribution in [-0.2, 0) is 0 Å². The molecule has 0 amide bonds. The maximum absolute atomic E-state index is 9.80. The van der Waals surface area contributed by atoms with E-state index in [0.717, 1.165) is 25.7 Å². The highest BCUT2D eigenvalue weighted by atomic mass is 35.5. The van der Waals surface area contributed by atoms with Gasteiger partial charge in [0.1, 0.15) is 0 Å². The maximum atomic E-state index is 9.80. The monoisotopic (exact) mass is 361 g/mol. The average molecular weight is 363 g/mol. The summed E-state index contributed by atoms with van der Waals surface area (Å²) in [6.07, 6.45) is 6.88. The molecule has 3 heterocycles. The lowest BCUT2D eigenvalue weighted by Gasteiger charge is -2.39. The van der Waals surface area contributed by atoms with E-state index in [4.69, 9.17) is 5.73 Å². The second-order valence-electron chi connectivity index (χ2n) is 6.43. The van der Waals surface area contributed by atoms with Crippen LogP contribution in [0.2, 0.25) is 0 Å². The van der Waals surface area contributed by atoms with Crippen LogP contribution in [0.3, 0.4) is 0 Å². The Labute approximate surface area is 147 Å². The van der Waals surface area contributed by atoms with E-state index in [1.807, 2.05) is 0 Å². The van der Waals surface area contributed by atoms with E-state index < -0.39 is 0 Å². The number of piperidine rings is 2. The molecule has 3 N–H and O–H groups in total. The van der Waals surface area contributed by atoms with E-state index in [1.165, 1.54) is 39.0 Å². The number of nitrogens with two attached hydrogens (primary N) is 1. The van der Waals surface area contributed by atoms with E-state index >= 15 is 0 Å². The zero-order chi connectivity index (χ0) is 12.5. The van der Waals surface area contributed by atoms with Gasteiger partial charge in [-0.3, -0.25) is 4.90 Å². The standard InChI is InChI=1S/C14H27N3O.3ClH/c15-11-3-5-16(6-4-11)7-8-17-12-1-2-13(17)10-14(18)9-12;;;/h11-14,18H,1-10,15H2;3*1H. The van der Waals surface area contributed by atoms with Crippen LogP contribution in [0.1, 0.15) is 38.5 Å². The minimum absolute atomic E-state index is 0. The first-order valence-corrected chi connectivity index (χ1v) is 7.64. The molecule has 3 fully saturated rings. The Bertz CT molecular complexity index is 277. The van der Waals surface area contributed by atoms with Gasteiger partial charge in [0.2, 0.25) is 0 Å². The van der Waals surface area contributed by atoms with Gasteiger partial charge < -0.3 is 15.7 Å². The number of aliphatic hydroxyl groups is 1. The fourth-order valence-electron chi connectivity index (χ4n) is 4.04. The molecular weight excluding hydrogens is 333 g/mol. The summed E-state index contributed by atoms with van der Waals surface area (Å²) in [6.45, 7) is 4.73. The van der Waals surface area contributed by atoms with E-state index in [2.05, 4.69) is 9.80 Å². The van der Waals surface area contributed by atoms with Gasteiger partial charge in [-0.25, -0.2) is 0 Å². The minimum Gasteiger partial charge on any atom is -0.393 e. The summed E-state index contributed by atoms with van der Waals surface area (Å²) >= 11 is 0. The molecule has 0 aliphatic carbocycles. The van der Waals surface area contributed by atoms with Gasteiger partial charge in [-0.2, -0.15) is 0 Å². The van der Waals surface area contributed by atoms with Crippen molar-refractivity contribution in [3.63, 3.8) is 0 Å². The van der Waals surface area contributed by atoms with E-state index in [1.54, 1.807) is 0 Å². The zero-order valence-corrected chi connectivity index (χ0v) is 15.0. The van der Waals surface area contributed by atoms with Crippen molar-refractivity contribution in [2.75, 3.05) is 26.2 Å². The van der Waals surface area contributed by atoms with Gasteiger partial charge in [0.15, 0.2) is 0 Å². The predicted octanol–water partition coefficient (Wildman–Crippen LogP) is 1.66. The molecule has 0 saturated carbocycles. The van der Waals surface area contributed by atoms with Crippen LogP contribution in [0.25, 0.3) is 0 Å². The van der Waals surface area contributed by atoms with Gasteiger partial charge >= 0.3 is 0 Å². The molecule has 3 saturated heterocycles. The number of likely N-dealkylation sites (tertiary alicyclic amines) is 1. The van der Waals surface area contributed by atoms with Crippen molar-refractivity contribution >= 4 is 37.2 Å². The van der Waals surface area contributed by atoms with Crippen LogP contribution in [0, 0.1) is 0 Å². The normalized spacial score (nSPS) is 33.7. The maximum Gasteiger partial charge on any atom is 0.0570 e. The molecule has 0 aromatic rings. The largest absolute Gasteiger partial charge is 0.393 e. The zero-order valence-electron chi connectivity index (χ0n) is 12.5. The molecule has 0 radical (unpaired) electrons. The molecule has 0 spiro atoms. The Morgan fingerprint density at radius 1 is 0.857 bits per heavy atom. The molecule has 0 aromatic heterocycles. The molecule has 2 bridgehead atoms.